The Labute approximate surface area is 105 Å². The van der Waals surface area contributed by atoms with Crippen LogP contribution >= 0.6 is 0 Å². The number of piperidine rings is 1. The maximum absolute atomic E-state index is 12.8. The zero-order chi connectivity index (χ0) is 14.2. The molecule has 0 aromatic carbocycles. The summed E-state index contributed by atoms with van der Waals surface area (Å²) in [6, 6.07) is 0. The molecule has 1 N–H and O–H groups in total. The van der Waals surface area contributed by atoms with Crippen LogP contribution in [0.3, 0.4) is 0 Å². The van der Waals surface area contributed by atoms with Crippen molar-refractivity contribution >= 4 is 5.91 Å². The van der Waals surface area contributed by atoms with Gasteiger partial charge >= 0.3 is 6.18 Å². The zero-order valence-electron chi connectivity index (χ0n) is 11.0. The largest absolute Gasteiger partial charge is 0.418 e. The third-order valence-corrected chi connectivity index (χ3v) is 3.75. The van der Waals surface area contributed by atoms with Crippen molar-refractivity contribution in [2.45, 2.75) is 51.8 Å². The van der Waals surface area contributed by atoms with E-state index in [1.165, 1.54) is 0 Å². The van der Waals surface area contributed by atoms with E-state index in [0.29, 0.717) is 6.42 Å². The first-order valence-electron chi connectivity index (χ1n) is 6.12. The fourth-order valence-electron chi connectivity index (χ4n) is 2.02. The van der Waals surface area contributed by atoms with Crippen LogP contribution in [-0.4, -0.2) is 40.8 Å². The first-order chi connectivity index (χ1) is 8.03. The van der Waals surface area contributed by atoms with Gasteiger partial charge in [0.25, 0.3) is 0 Å². The standard InChI is InChI=1S/C12H20F3NO2/c1-4-10(2,3)9(17)16-7-5-6-11(18,8-16)12(13,14)15/h18H,4-8H2,1-3H3/t11-/m0/s1. The van der Waals surface area contributed by atoms with Crippen molar-refractivity contribution in [1.82, 2.24) is 4.90 Å². The van der Waals surface area contributed by atoms with Crippen LogP contribution < -0.4 is 0 Å². The van der Waals surface area contributed by atoms with Gasteiger partial charge in [0.2, 0.25) is 5.91 Å². The van der Waals surface area contributed by atoms with Crippen molar-refractivity contribution in [1.29, 1.82) is 0 Å². The highest BCUT2D eigenvalue weighted by atomic mass is 19.4. The van der Waals surface area contributed by atoms with Gasteiger partial charge in [0.15, 0.2) is 5.60 Å². The molecule has 1 aliphatic rings. The smallest absolute Gasteiger partial charge is 0.379 e. The lowest BCUT2D eigenvalue weighted by atomic mass is 9.85. The van der Waals surface area contributed by atoms with Crippen LogP contribution in [0.1, 0.15) is 40.0 Å². The molecule has 1 fully saturated rings. The number of nitrogens with zero attached hydrogens (tertiary/aromatic N) is 1. The number of aliphatic hydroxyl groups is 1. The molecule has 0 bridgehead atoms. The van der Waals surface area contributed by atoms with Gasteiger partial charge in [0, 0.05) is 12.0 Å². The number of hydrogen-bond donors (Lipinski definition) is 1. The fourth-order valence-corrected chi connectivity index (χ4v) is 2.02. The summed E-state index contributed by atoms with van der Waals surface area (Å²) in [6.07, 6.45) is -4.32. The maximum atomic E-state index is 12.8. The molecule has 1 aliphatic heterocycles. The average Bonchev–Trinajstić information content (AvgIpc) is 2.26. The number of β-amino-alcohol motifs (C(OH)–C–C–N with tert-alkyl or cyclic N) is 1. The molecule has 1 rings (SSSR count). The molecule has 0 aromatic heterocycles. The molecule has 0 unspecified atom stereocenters. The summed E-state index contributed by atoms with van der Waals surface area (Å²) in [6.45, 7) is 4.85. The SMILES string of the molecule is CCC(C)(C)C(=O)N1CCC[C@@](O)(C(F)(F)F)C1. The molecular weight excluding hydrogens is 247 g/mol. The molecule has 0 spiro atoms. The van der Waals surface area contributed by atoms with E-state index in [1.807, 2.05) is 6.92 Å². The van der Waals surface area contributed by atoms with Crippen molar-refractivity contribution in [3.05, 3.63) is 0 Å². The number of hydrogen-bond acceptors (Lipinski definition) is 2. The van der Waals surface area contributed by atoms with Crippen molar-refractivity contribution in [2.75, 3.05) is 13.1 Å². The summed E-state index contributed by atoms with van der Waals surface area (Å²) >= 11 is 0. The number of likely N-dealkylation sites (tertiary alicyclic amines) is 1. The lowest BCUT2D eigenvalue weighted by Gasteiger charge is -2.42. The molecule has 0 radical (unpaired) electrons. The number of rotatable bonds is 2. The van der Waals surface area contributed by atoms with Gasteiger partial charge in [-0.25, -0.2) is 0 Å². The van der Waals surface area contributed by atoms with E-state index in [0.717, 1.165) is 4.90 Å². The number of carbonyl (C=O) groups excluding carboxylic acids is 1. The van der Waals surface area contributed by atoms with Gasteiger partial charge in [-0.1, -0.05) is 20.8 Å². The molecule has 0 aliphatic carbocycles. The van der Waals surface area contributed by atoms with Crippen molar-refractivity contribution in [3.8, 4) is 0 Å². The minimum Gasteiger partial charge on any atom is -0.379 e. The van der Waals surface area contributed by atoms with E-state index in [4.69, 9.17) is 0 Å². The highest BCUT2D eigenvalue weighted by molar-refractivity contribution is 5.82. The Kier molecular flexibility index (Phi) is 4.00. The van der Waals surface area contributed by atoms with Gasteiger partial charge in [-0.2, -0.15) is 13.2 Å². The van der Waals surface area contributed by atoms with Gasteiger partial charge < -0.3 is 10.0 Å². The zero-order valence-corrected chi connectivity index (χ0v) is 11.0. The van der Waals surface area contributed by atoms with E-state index in [-0.39, 0.29) is 25.3 Å². The predicted molar refractivity (Wildman–Crippen MR) is 60.9 cm³/mol. The highest BCUT2D eigenvalue weighted by Gasteiger charge is 2.56. The fraction of sp³-hybridized carbons (Fsp3) is 0.917. The Morgan fingerprint density at radius 3 is 2.39 bits per heavy atom. The lowest BCUT2D eigenvalue weighted by molar-refractivity contribution is -0.273. The van der Waals surface area contributed by atoms with Crippen LogP contribution in [0.25, 0.3) is 0 Å². The Bertz CT molecular complexity index is 328. The molecule has 3 nitrogen and oxygen atoms in total. The van der Waals surface area contributed by atoms with Crippen LogP contribution in [-0.2, 0) is 4.79 Å². The molecule has 6 heteroatoms. The third kappa shape index (κ3) is 2.79. The van der Waals surface area contributed by atoms with E-state index < -0.39 is 23.7 Å². The Morgan fingerprint density at radius 1 is 1.39 bits per heavy atom. The monoisotopic (exact) mass is 267 g/mol. The highest BCUT2D eigenvalue weighted by Crippen LogP contribution is 2.38. The van der Waals surface area contributed by atoms with E-state index in [1.54, 1.807) is 13.8 Å². The van der Waals surface area contributed by atoms with E-state index >= 15 is 0 Å². The number of halogens is 3. The molecule has 1 atom stereocenters. The topological polar surface area (TPSA) is 40.5 Å². The van der Waals surface area contributed by atoms with Crippen LogP contribution in [0.2, 0.25) is 0 Å². The summed E-state index contributed by atoms with van der Waals surface area (Å²) in [5, 5.41) is 9.65. The Balaban J connectivity index is 2.86. The third-order valence-electron chi connectivity index (χ3n) is 3.75. The second-order valence-corrected chi connectivity index (χ2v) is 5.60. The molecule has 106 valence electrons. The first-order valence-corrected chi connectivity index (χ1v) is 6.12. The average molecular weight is 267 g/mol. The first kappa shape index (κ1) is 15.3. The van der Waals surface area contributed by atoms with Gasteiger partial charge in [-0.3, -0.25) is 4.79 Å². The molecule has 18 heavy (non-hydrogen) atoms. The van der Waals surface area contributed by atoms with E-state index in [2.05, 4.69) is 0 Å². The van der Waals surface area contributed by atoms with Gasteiger partial charge in [0.1, 0.15) is 0 Å². The van der Waals surface area contributed by atoms with Crippen molar-refractivity contribution in [3.63, 3.8) is 0 Å². The van der Waals surface area contributed by atoms with Crippen molar-refractivity contribution in [2.24, 2.45) is 5.41 Å². The van der Waals surface area contributed by atoms with Gasteiger partial charge in [0.05, 0.1) is 6.54 Å². The molecular formula is C12H20F3NO2. The molecule has 1 saturated heterocycles. The lowest BCUT2D eigenvalue weighted by Crippen LogP contribution is -2.59. The van der Waals surface area contributed by atoms with E-state index in [9.17, 15) is 23.1 Å². The molecule has 0 aromatic rings. The molecule has 1 amide bonds. The van der Waals surface area contributed by atoms with Crippen LogP contribution in [0.15, 0.2) is 0 Å². The van der Waals surface area contributed by atoms with Crippen LogP contribution in [0, 0.1) is 5.41 Å². The van der Waals surface area contributed by atoms with Gasteiger partial charge in [-0.05, 0) is 19.3 Å². The van der Waals surface area contributed by atoms with Crippen LogP contribution in [0.5, 0.6) is 0 Å². The quantitative estimate of drug-likeness (QED) is 0.834. The molecule has 1 heterocycles. The second-order valence-electron chi connectivity index (χ2n) is 5.60. The number of carbonyl (C=O) groups is 1. The summed E-state index contributed by atoms with van der Waals surface area (Å²) < 4.78 is 38.3. The molecule has 0 saturated carbocycles. The predicted octanol–water partition coefficient (Wildman–Crippen LogP) is 2.34. The van der Waals surface area contributed by atoms with Crippen molar-refractivity contribution < 1.29 is 23.1 Å². The summed E-state index contributed by atoms with van der Waals surface area (Å²) in [7, 11) is 0. The maximum Gasteiger partial charge on any atom is 0.418 e. The normalized spacial score (nSPS) is 26.3. The van der Waals surface area contributed by atoms with Crippen LogP contribution in [0.4, 0.5) is 13.2 Å². The summed E-state index contributed by atoms with van der Waals surface area (Å²) in [4.78, 5) is 13.3. The Morgan fingerprint density at radius 2 is 1.94 bits per heavy atom. The second kappa shape index (κ2) is 4.72. The summed E-state index contributed by atoms with van der Waals surface area (Å²) in [5.74, 6) is -0.327. The minimum atomic E-state index is -4.69. The Hall–Kier alpha value is -0.780. The number of amides is 1. The van der Waals surface area contributed by atoms with Gasteiger partial charge in [-0.15, -0.1) is 0 Å². The summed E-state index contributed by atoms with van der Waals surface area (Å²) in [5.41, 5.74) is -3.45. The number of alkyl halides is 3. The minimum absolute atomic E-state index is 0.168.